The van der Waals surface area contributed by atoms with Gasteiger partial charge in [-0.25, -0.2) is 4.98 Å². The zero-order valence-electron chi connectivity index (χ0n) is 19.5. The second-order valence-electron chi connectivity index (χ2n) is 8.06. The normalized spacial score (nSPS) is 17.1. The first-order valence-corrected chi connectivity index (χ1v) is 12.0. The number of aryl methyl sites for hydroxylation is 1. The fraction of sp³-hybridized carbons (Fsp3) is 0.154. The number of methoxy groups -OCH3 is 2. The molecule has 8 nitrogen and oxygen atoms in total. The zero-order valence-corrected chi connectivity index (χ0v) is 21.1. The molecule has 1 fully saturated rings. The van der Waals surface area contributed by atoms with E-state index in [1.54, 1.807) is 48.7 Å². The van der Waals surface area contributed by atoms with Gasteiger partial charge in [-0.05, 0) is 55.0 Å². The molecule has 5 rings (SSSR count). The average molecular weight is 522 g/mol. The Bertz CT molecular complexity index is 1510. The smallest absolute Gasteiger partial charge is 0.301 e. The minimum Gasteiger partial charge on any atom is -0.507 e. The van der Waals surface area contributed by atoms with Crippen molar-refractivity contribution in [1.29, 1.82) is 0 Å². The molecule has 1 aliphatic heterocycles. The number of nitrogens with zero attached hydrogens (tertiary/aromatic N) is 3. The Morgan fingerprint density at radius 2 is 1.86 bits per heavy atom. The Morgan fingerprint density at radius 1 is 1.08 bits per heavy atom. The lowest BCUT2D eigenvalue weighted by Crippen LogP contribution is -2.29. The number of amides is 1. The summed E-state index contributed by atoms with van der Waals surface area (Å²) in [6, 6.07) is 12.5. The van der Waals surface area contributed by atoms with Crippen LogP contribution in [0.5, 0.6) is 11.5 Å². The van der Waals surface area contributed by atoms with Gasteiger partial charge in [-0.3, -0.25) is 19.5 Å². The van der Waals surface area contributed by atoms with E-state index >= 15 is 0 Å². The molecule has 4 aromatic rings. The lowest BCUT2D eigenvalue weighted by atomic mass is 9.98. The highest BCUT2D eigenvalue weighted by Gasteiger charge is 2.48. The molecule has 2 aromatic carbocycles. The summed E-state index contributed by atoms with van der Waals surface area (Å²) < 4.78 is 11.4. The summed E-state index contributed by atoms with van der Waals surface area (Å²) in [5.74, 6) is -1.18. The van der Waals surface area contributed by atoms with Crippen molar-refractivity contribution in [3.63, 3.8) is 0 Å². The third kappa shape index (κ3) is 3.86. The number of hydrogen-bond donors (Lipinski definition) is 1. The highest BCUT2D eigenvalue weighted by Crippen LogP contribution is 2.44. The Morgan fingerprint density at radius 3 is 2.56 bits per heavy atom. The Kier molecular flexibility index (Phi) is 6.11. The number of carbonyl (C=O) groups is 2. The maximum atomic E-state index is 13.4. The topological polar surface area (TPSA) is 102 Å². The number of ether oxygens (including phenoxy) is 2. The number of anilines is 1. The number of aliphatic hydroxyl groups is 1. The summed E-state index contributed by atoms with van der Waals surface area (Å²) in [6.07, 6.45) is 1.56. The first kappa shape index (κ1) is 23.8. The molecular weight excluding hydrogens is 502 g/mol. The highest BCUT2D eigenvalue weighted by molar-refractivity contribution is 7.22. The van der Waals surface area contributed by atoms with Gasteiger partial charge < -0.3 is 14.6 Å². The number of rotatable bonds is 5. The van der Waals surface area contributed by atoms with Crippen molar-refractivity contribution >= 4 is 55.7 Å². The van der Waals surface area contributed by atoms with Gasteiger partial charge in [0.25, 0.3) is 5.78 Å². The van der Waals surface area contributed by atoms with Crippen LogP contribution in [0.2, 0.25) is 5.02 Å². The molecule has 0 spiro atoms. The van der Waals surface area contributed by atoms with Gasteiger partial charge in [0.05, 0.1) is 35.7 Å². The number of aromatic nitrogens is 2. The van der Waals surface area contributed by atoms with Crippen molar-refractivity contribution in [3.05, 3.63) is 82.1 Å². The largest absolute Gasteiger partial charge is 0.507 e. The minimum absolute atomic E-state index is 0.0978. The van der Waals surface area contributed by atoms with Crippen LogP contribution >= 0.6 is 22.9 Å². The third-order valence-corrected chi connectivity index (χ3v) is 7.36. The van der Waals surface area contributed by atoms with E-state index in [-0.39, 0.29) is 11.3 Å². The summed E-state index contributed by atoms with van der Waals surface area (Å²) in [5.41, 5.74) is 2.08. The van der Waals surface area contributed by atoms with Crippen molar-refractivity contribution in [2.75, 3.05) is 19.1 Å². The molecule has 182 valence electrons. The van der Waals surface area contributed by atoms with Gasteiger partial charge in [-0.2, -0.15) is 0 Å². The predicted octanol–water partition coefficient (Wildman–Crippen LogP) is 5.30. The van der Waals surface area contributed by atoms with Crippen LogP contribution in [0.25, 0.3) is 16.0 Å². The molecule has 1 amide bonds. The van der Waals surface area contributed by atoms with Crippen LogP contribution in [-0.4, -0.2) is 41.0 Å². The monoisotopic (exact) mass is 521 g/mol. The number of fused-ring (bicyclic) bond motifs is 1. The molecule has 0 saturated carbocycles. The van der Waals surface area contributed by atoms with Crippen LogP contribution in [0.3, 0.4) is 0 Å². The number of aliphatic hydroxyl groups excluding tert-OH is 1. The Hall–Kier alpha value is -3.95. The molecule has 1 N–H and O–H groups in total. The molecule has 0 aliphatic carbocycles. The molecule has 10 heteroatoms. The van der Waals surface area contributed by atoms with E-state index in [9.17, 15) is 14.7 Å². The van der Waals surface area contributed by atoms with E-state index in [2.05, 4.69) is 9.97 Å². The van der Waals surface area contributed by atoms with Gasteiger partial charge in [0.15, 0.2) is 16.6 Å². The van der Waals surface area contributed by atoms with Gasteiger partial charge >= 0.3 is 5.91 Å². The van der Waals surface area contributed by atoms with Gasteiger partial charge in [-0.1, -0.05) is 29.0 Å². The van der Waals surface area contributed by atoms with E-state index in [4.69, 9.17) is 21.1 Å². The molecule has 36 heavy (non-hydrogen) atoms. The highest BCUT2D eigenvalue weighted by atomic mass is 35.5. The Balaban J connectivity index is 1.71. The number of thiazole rings is 1. The van der Waals surface area contributed by atoms with E-state index < -0.39 is 17.7 Å². The van der Waals surface area contributed by atoms with E-state index in [0.29, 0.717) is 38.4 Å². The van der Waals surface area contributed by atoms with Gasteiger partial charge in [0.2, 0.25) is 0 Å². The molecule has 1 atom stereocenters. The molecule has 0 radical (unpaired) electrons. The SMILES string of the molecule is COc1ccc(/C(O)=C2\C(=O)C(=O)N(c3nc4cc(Cl)c(C)cc4s3)C2c2ccccn2)cc1OC. The van der Waals surface area contributed by atoms with Crippen molar-refractivity contribution in [1.82, 2.24) is 9.97 Å². The molecule has 2 aromatic heterocycles. The number of carbonyl (C=O) groups excluding carboxylic acids is 2. The fourth-order valence-corrected chi connectivity index (χ4v) is 5.36. The third-order valence-electron chi connectivity index (χ3n) is 5.93. The van der Waals surface area contributed by atoms with E-state index in [0.717, 1.165) is 10.3 Å². The summed E-state index contributed by atoms with van der Waals surface area (Å²) in [6.45, 7) is 1.88. The number of ketones is 1. The van der Waals surface area contributed by atoms with Crippen LogP contribution < -0.4 is 14.4 Å². The average Bonchev–Trinajstić information content (AvgIpc) is 3.41. The second kappa shape index (κ2) is 9.25. The first-order valence-electron chi connectivity index (χ1n) is 10.8. The standard InChI is InChI=1S/C26H20ClN3O5S/c1-13-10-20-17(12-15(13)27)29-26(36-20)30-22(16-6-4-5-9-28-16)21(24(32)25(30)33)23(31)14-7-8-18(34-2)19(11-14)35-3/h4-12,22,31H,1-3H3/b23-21+. The van der Waals surface area contributed by atoms with Crippen molar-refractivity contribution in [2.24, 2.45) is 0 Å². The number of benzene rings is 2. The summed E-state index contributed by atoms with van der Waals surface area (Å²) in [7, 11) is 2.96. The van der Waals surface area contributed by atoms with E-state index in [1.807, 2.05) is 13.0 Å². The first-order chi connectivity index (χ1) is 17.3. The maximum absolute atomic E-state index is 13.4. The molecule has 1 aliphatic rings. The molecular formula is C26H20ClN3O5S. The lowest BCUT2D eigenvalue weighted by Gasteiger charge is -2.22. The van der Waals surface area contributed by atoms with Crippen LogP contribution in [0.15, 0.2) is 60.3 Å². The summed E-state index contributed by atoms with van der Waals surface area (Å²) in [4.78, 5) is 37.0. The molecule has 3 heterocycles. The van der Waals surface area contributed by atoms with E-state index in [1.165, 1.54) is 30.5 Å². The lowest BCUT2D eigenvalue weighted by molar-refractivity contribution is -0.132. The van der Waals surface area contributed by atoms with Crippen LogP contribution in [0, 0.1) is 6.92 Å². The van der Waals surface area contributed by atoms with Gasteiger partial charge in [0.1, 0.15) is 11.8 Å². The van der Waals surface area contributed by atoms with Crippen molar-refractivity contribution in [3.8, 4) is 11.5 Å². The molecule has 1 unspecified atom stereocenters. The van der Waals surface area contributed by atoms with Crippen LogP contribution in [0.4, 0.5) is 5.13 Å². The maximum Gasteiger partial charge on any atom is 0.301 e. The van der Waals surface area contributed by atoms with Gasteiger partial charge in [0, 0.05) is 16.8 Å². The van der Waals surface area contributed by atoms with Crippen molar-refractivity contribution in [2.45, 2.75) is 13.0 Å². The molecule has 1 saturated heterocycles. The van der Waals surface area contributed by atoms with Gasteiger partial charge in [-0.15, -0.1) is 0 Å². The molecule has 0 bridgehead atoms. The summed E-state index contributed by atoms with van der Waals surface area (Å²) in [5, 5.41) is 12.2. The predicted molar refractivity (Wildman–Crippen MR) is 138 cm³/mol. The zero-order chi connectivity index (χ0) is 25.6. The second-order valence-corrected chi connectivity index (χ2v) is 9.48. The minimum atomic E-state index is -0.989. The number of hydrogen-bond acceptors (Lipinski definition) is 8. The van der Waals surface area contributed by atoms with Crippen LogP contribution in [-0.2, 0) is 9.59 Å². The Labute approximate surface area is 215 Å². The number of halogens is 1. The number of Topliss-reactive ketones (excluding diaryl/α,β-unsaturated/α-hetero) is 1. The summed E-state index contributed by atoms with van der Waals surface area (Å²) >= 11 is 7.53. The quantitative estimate of drug-likeness (QED) is 0.216. The number of pyridine rings is 1. The fourth-order valence-electron chi connectivity index (χ4n) is 4.13. The van der Waals surface area contributed by atoms with Crippen LogP contribution in [0.1, 0.15) is 22.9 Å². The van der Waals surface area contributed by atoms with Crippen molar-refractivity contribution < 1.29 is 24.2 Å².